The fourth-order valence-electron chi connectivity index (χ4n) is 5.36. The SMILES string of the molecule is CC(c1c[nH]c2ccccc12)C(NC(=O)C(C)(C)N)C(=O)N1CCC(n2c(=O)[nH]c3ccccc32)CC1.Cl. The summed E-state index contributed by atoms with van der Waals surface area (Å²) in [4.78, 5) is 47.5. The number of carbonyl (C=O) groups is 2. The number of benzene rings is 2. The summed E-state index contributed by atoms with van der Waals surface area (Å²) in [6.45, 7) is 6.21. The van der Waals surface area contributed by atoms with Gasteiger partial charge in [-0.3, -0.25) is 14.2 Å². The molecule has 4 aromatic rings. The smallest absolute Gasteiger partial charge is 0.326 e. The lowest BCUT2D eigenvalue weighted by Crippen LogP contribution is -2.58. The van der Waals surface area contributed by atoms with Gasteiger partial charge in [0.2, 0.25) is 11.8 Å². The molecular formula is C28H35ClN6O3. The van der Waals surface area contributed by atoms with Gasteiger partial charge >= 0.3 is 5.69 Å². The molecule has 2 atom stereocenters. The maximum absolute atomic E-state index is 13.9. The molecule has 5 rings (SSSR count). The summed E-state index contributed by atoms with van der Waals surface area (Å²) in [7, 11) is 0. The molecule has 1 aliphatic heterocycles. The molecule has 0 bridgehead atoms. The topological polar surface area (TPSA) is 129 Å². The van der Waals surface area contributed by atoms with Crippen LogP contribution in [0.5, 0.6) is 0 Å². The lowest BCUT2D eigenvalue weighted by molar-refractivity contribution is -0.139. The van der Waals surface area contributed by atoms with Crippen molar-refractivity contribution >= 4 is 46.2 Å². The van der Waals surface area contributed by atoms with Crippen LogP contribution in [0.3, 0.4) is 0 Å². The Morgan fingerprint density at radius 1 is 1.05 bits per heavy atom. The van der Waals surface area contributed by atoms with Crippen molar-refractivity contribution in [2.24, 2.45) is 5.73 Å². The second-order valence-corrected chi connectivity index (χ2v) is 10.6. The largest absolute Gasteiger partial charge is 0.361 e. The molecule has 5 N–H and O–H groups in total. The number of imidazole rings is 1. The number of H-pyrrole nitrogens is 2. The van der Waals surface area contributed by atoms with Crippen LogP contribution in [0.1, 0.15) is 51.1 Å². The van der Waals surface area contributed by atoms with E-state index in [4.69, 9.17) is 5.73 Å². The molecule has 1 fully saturated rings. The first-order valence-electron chi connectivity index (χ1n) is 12.8. The van der Waals surface area contributed by atoms with E-state index in [1.54, 1.807) is 18.7 Å². The molecule has 1 aliphatic rings. The third kappa shape index (κ3) is 5.08. The Hall–Kier alpha value is -3.56. The summed E-state index contributed by atoms with van der Waals surface area (Å²) in [6.07, 6.45) is 3.21. The first kappa shape index (κ1) is 27.5. The molecule has 202 valence electrons. The van der Waals surface area contributed by atoms with Crippen molar-refractivity contribution in [2.45, 2.75) is 57.2 Å². The van der Waals surface area contributed by atoms with Gasteiger partial charge in [0.05, 0.1) is 16.6 Å². The molecule has 0 spiro atoms. The monoisotopic (exact) mass is 538 g/mol. The summed E-state index contributed by atoms with van der Waals surface area (Å²) in [6, 6.07) is 14.8. The number of hydrogen-bond acceptors (Lipinski definition) is 4. The normalized spacial score (nSPS) is 16.3. The molecule has 0 aliphatic carbocycles. The number of nitrogens with one attached hydrogen (secondary N) is 3. The summed E-state index contributed by atoms with van der Waals surface area (Å²) >= 11 is 0. The van der Waals surface area contributed by atoms with E-state index in [2.05, 4.69) is 15.3 Å². The molecular weight excluding hydrogens is 504 g/mol. The fraction of sp³-hybridized carbons (Fsp3) is 0.393. The maximum Gasteiger partial charge on any atom is 0.326 e. The van der Waals surface area contributed by atoms with Gasteiger partial charge in [-0.15, -0.1) is 12.4 Å². The van der Waals surface area contributed by atoms with E-state index in [0.717, 1.165) is 27.5 Å². The summed E-state index contributed by atoms with van der Waals surface area (Å²) in [5, 5.41) is 3.97. The molecule has 2 aromatic carbocycles. The Morgan fingerprint density at radius 2 is 1.68 bits per heavy atom. The van der Waals surface area contributed by atoms with E-state index in [1.807, 2.05) is 66.2 Å². The molecule has 2 aromatic heterocycles. The second kappa shape index (κ2) is 10.7. The van der Waals surface area contributed by atoms with Crippen LogP contribution in [0.2, 0.25) is 0 Å². The first-order valence-corrected chi connectivity index (χ1v) is 12.8. The third-order valence-electron chi connectivity index (χ3n) is 7.51. The fourth-order valence-corrected chi connectivity index (χ4v) is 5.36. The molecule has 0 saturated carbocycles. The van der Waals surface area contributed by atoms with Crippen LogP contribution in [-0.2, 0) is 9.59 Å². The second-order valence-electron chi connectivity index (χ2n) is 10.6. The number of likely N-dealkylation sites (tertiary alicyclic amines) is 1. The van der Waals surface area contributed by atoms with E-state index in [9.17, 15) is 14.4 Å². The minimum absolute atomic E-state index is 0. The van der Waals surface area contributed by atoms with Gasteiger partial charge in [0, 0.05) is 42.1 Å². The van der Waals surface area contributed by atoms with Gasteiger partial charge in [-0.25, -0.2) is 4.79 Å². The highest BCUT2D eigenvalue weighted by atomic mass is 35.5. The Bertz CT molecular complexity index is 1510. The van der Waals surface area contributed by atoms with Gasteiger partial charge in [-0.1, -0.05) is 37.3 Å². The van der Waals surface area contributed by atoms with Crippen LogP contribution < -0.4 is 16.7 Å². The highest BCUT2D eigenvalue weighted by Gasteiger charge is 2.37. The zero-order valence-electron chi connectivity index (χ0n) is 21.9. The minimum atomic E-state index is -1.12. The molecule has 0 radical (unpaired) electrons. The molecule has 9 nitrogen and oxygen atoms in total. The van der Waals surface area contributed by atoms with Crippen LogP contribution >= 0.6 is 12.4 Å². The van der Waals surface area contributed by atoms with Crippen molar-refractivity contribution < 1.29 is 9.59 Å². The van der Waals surface area contributed by atoms with E-state index < -0.39 is 11.6 Å². The lowest BCUT2D eigenvalue weighted by Gasteiger charge is -2.37. The van der Waals surface area contributed by atoms with E-state index >= 15 is 0 Å². The Morgan fingerprint density at radius 3 is 2.37 bits per heavy atom. The van der Waals surface area contributed by atoms with Crippen LogP contribution in [0.15, 0.2) is 59.5 Å². The predicted octanol–water partition coefficient (Wildman–Crippen LogP) is 3.42. The standard InChI is InChI=1S/C28H34N6O3.ClH/c1-17(20-16-30-21-9-5-4-8-19(20)21)24(32-26(36)28(2,3)29)25(35)33-14-12-18(13-15-33)34-23-11-7-6-10-22(23)31-27(34)37;/h4-11,16-18,24,30H,12-15,29H2,1-3H3,(H,31,37)(H,32,36);1H. The van der Waals surface area contributed by atoms with Crippen LogP contribution in [0.25, 0.3) is 21.9 Å². The average molecular weight is 539 g/mol. The summed E-state index contributed by atoms with van der Waals surface area (Å²) in [5.74, 6) is -0.804. The number of piperidine rings is 1. The number of rotatable bonds is 6. The van der Waals surface area contributed by atoms with Gasteiger partial charge in [0.15, 0.2) is 0 Å². The van der Waals surface area contributed by atoms with Crippen molar-refractivity contribution in [1.29, 1.82) is 0 Å². The molecule has 10 heteroatoms. The van der Waals surface area contributed by atoms with Crippen molar-refractivity contribution in [3.8, 4) is 0 Å². The van der Waals surface area contributed by atoms with E-state index in [-0.39, 0.29) is 41.9 Å². The molecule has 1 saturated heterocycles. The summed E-state index contributed by atoms with van der Waals surface area (Å²) in [5.41, 5.74) is 8.44. The van der Waals surface area contributed by atoms with Gasteiger partial charge in [0.1, 0.15) is 6.04 Å². The third-order valence-corrected chi connectivity index (χ3v) is 7.51. The van der Waals surface area contributed by atoms with Crippen molar-refractivity contribution in [1.82, 2.24) is 24.8 Å². The highest BCUT2D eigenvalue weighted by molar-refractivity contribution is 5.93. The Kier molecular flexibility index (Phi) is 7.71. The number of halogens is 1. The van der Waals surface area contributed by atoms with Gasteiger partial charge in [-0.2, -0.15) is 0 Å². The number of aromatic nitrogens is 3. The average Bonchev–Trinajstić information content (AvgIpc) is 3.46. The zero-order valence-corrected chi connectivity index (χ0v) is 22.7. The number of carbonyl (C=O) groups excluding carboxylic acids is 2. The zero-order chi connectivity index (χ0) is 26.3. The maximum atomic E-state index is 13.9. The summed E-state index contributed by atoms with van der Waals surface area (Å²) < 4.78 is 1.81. The number of fused-ring (bicyclic) bond motifs is 2. The van der Waals surface area contributed by atoms with E-state index in [0.29, 0.717) is 25.9 Å². The number of hydrogen-bond donors (Lipinski definition) is 4. The predicted molar refractivity (Wildman–Crippen MR) is 152 cm³/mol. The quantitative estimate of drug-likeness (QED) is 0.300. The number of amides is 2. The molecule has 2 amide bonds. The highest BCUT2D eigenvalue weighted by Crippen LogP contribution is 2.30. The molecule has 2 unspecified atom stereocenters. The Balaban J connectivity index is 0.00000336. The minimum Gasteiger partial charge on any atom is -0.361 e. The number of nitrogens with zero attached hydrogens (tertiary/aromatic N) is 2. The van der Waals surface area contributed by atoms with Crippen LogP contribution in [-0.4, -0.2) is 55.9 Å². The van der Waals surface area contributed by atoms with Crippen LogP contribution in [0, 0.1) is 0 Å². The van der Waals surface area contributed by atoms with Gasteiger partial charge < -0.3 is 25.9 Å². The van der Waals surface area contributed by atoms with E-state index in [1.165, 1.54) is 0 Å². The number of nitrogens with two attached hydrogens (primary N) is 1. The van der Waals surface area contributed by atoms with Crippen molar-refractivity contribution in [2.75, 3.05) is 13.1 Å². The molecule has 3 heterocycles. The number of aromatic amines is 2. The van der Waals surface area contributed by atoms with Gasteiger partial charge in [-0.05, 0) is 50.5 Å². The van der Waals surface area contributed by atoms with Crippen LogP contribution in [0.4, 0.5) is 0 Å². The molecule has 38 heavy (non-hydrogen) atoms. The van der Waals surface area contributed by atoms with Gasteiger partial charge in [0.25, 0.3) is 0 Å². The van der Waals surface area contributed by atoms with Crippen molar-refractivity contribution in [3.05, 3.63) is 70.8 Å². The van der Waals surface area contributed by atoms with Crippen molar-refractivity contribution in [3.63, 3.8) is 0 Å². The Labute approximate surface area is 227 Å². The lowest BCUT2D eigenvalue weighted by atomic mass is 9.90. The number of para-hydroxylation sites is 3. The first-order chi connectivity index (χ1) is 17.6.